The number of thiocarbonyl (C=S) groups is 1. The van der Waals surface area contributed by atoms with Crippen LogP contribution in [0.4, 0.5) is 13.2 Å². The molecule has 88 valence electrons. The molecule has 0 fully saturated rings. The molecule has 0 saturated carbocycles. The number of rotatable bonds is 2. The Balaban J connectivity index is 2.62. The number of hydrogen-bond donors (Lipinski definition) is 0. The monoisotopic (exact) mass is 267 g/mol. The molecule has 0 atom stereocenters. The molecule has 0 amide bonds. The Hall–Kier alpha value is -0.820. The van der Waals surface area contributed by atoms with Gasteiger partial charge in [0.05, 0.1) is 0 Å². The molecule has 2 nitrogen and oxygen atoms in total. The third kappa shape index (κ3) is 3.97. The van der Waals surface area contributed by atoms with Gasteiger partial charge in [-0.1, -0.05) is 17.8 Å². The van der Waals surface area contributed by atoms with Gasteiger partial charge in [0, 0.05) is 11.8 Å². The summed E-state index contributed by atoms with van der Waals surface area (Å²) in [5.74, 6) is 0. The molecule has 7 heteroatoms. The van der Waals surface area contributed by atoms with Gasteiger partial charge in [-0.05, 0) is 24.5 Å². The fourth-order valence-electron chi connectivity index (χ4n) is 0.879. The number of halogens is 3. The van der Waals surface area contributed by atoms with E-state index in [2.05, 4.69) is 4.98 Å². The smallest absolute Gasteiger partial charge is 0.433 e. The zero-order valence-electron chi connectivity index (χ0n) is 8.25. The molecule has 1 rings (SSSR count). The van der Waals surface area contributed by atoms with E-state index in [0.717, 1.165) is 12.3 Å². The lowest BCUT2D eigenvalue weighted by Gasteiger charge is -2.07. The van der Waals surface area contributed by atoms with Gasteiger partial charge in [0.1, 0.15) is 12.3 Å². The van der Waals surface area contributed by atoms with Crippen LogP contribution in [0.1, 0.15) is 11.3 Å². The van der Waals surface area contributed by atoms with Crippen molar-refractivity contribution < 1.29 is 17.9 Å². The van der Waals surface area contributed by atoms with E-state index in [4.69, 9.17) is 17.0 Å². The minimum Gasteiger partial charge on any atom is -0.474 e. The van der Waals surface area contributed by atoms with Crippen LogP contribution in [0.2, 0.25) is 0 Å². The second-order valence-electron chi connectivity index (χ2n) is 2.79. The zero-order chi connectivity index (χ0) is 12.2. The van der Waals surface area contributed by atoms with Crippen LogP contribution in [-0.2, 0) is 17.5 Å². The predicted octanol–water partition coefficient (Wildman–Crippen LogP) is 3.26. The Morgan fingerprint density at radius 3 is 2.62 bits per heavy atom. The van der Waals surface area contributed by atoms with Gasteiger partial charge in [-0.25, -0.2) is 0 Å². The summed E-state index contributed by atoms with van der Waals surface area (Å²) in [5, 5.41) is 0. The molecule has 0 spiro atoms. The summed E-state index contributed by atoms with van der Waals surface area (Å²) in [7, 11) is 0. The van der Waals surface area contributed by atoms with Crippen LogP contribution in [0.25, 0.3) is 0 Å². The first-order valence-corrected chi connectivity index (χ1v) is 5.79. The molecule has 1 aromatic rings. The highest BCUT2D eigenvalue weighted by Gasteiger charge is 2.31. The van der Waals surface area contributed by atoms with Crippen LogP contribution in [0, 0.1) is 0 Å². The van der Waals surface area contributed by atoms with E-state index in [-0.39, 0.29) is 6.61 Å². The van der Waals surface area contributed by atoms with Crippen molar-refractivity contribution in [1.82, 2.24) is 4.98 Å². The second-order valence-corrected chi connectivity index (χ2v) is 4.20. The first kappa shape index (κ1) is 13.2. The van der Waals surface area contributed by atoms with Gasteiger partial charge in [0.15, 0.2) is 0 Å². The fourth-order valence-corrected chi connectivity index (χ4v) is 1.11. The highest BCUT2D eigenvalue weighted by molar-refractivity contribution is 8.22. The summed E-state index contributed by atoms with van der Waals surface area (Å²) in [6.07, 6.45) is -1.52. The van der Waals surface area contributed by atoms with Gasteiger partial charge in [0.2, 0.25) is 4.38 Å². The quantitative estimate of drug-likeness (QED) is 0.767. The zero-order valence-corrected chi connectivity index (χ0v) is 9.88. The van der Waals surface area contributed by atoms with E-state index in [1.807, 2.05) is 0 Å². The summed E-state index contributed by atoms with van der Waals surface area (Å²) in [4.78, 5) is 3.30. The summed E-state index contributed by atoms with van der Waals surface area (Å²) in [6, 6.07) is 2.24. The molecule has 0 unspecified atom stereocenters. The van der Waals surface area contributed by atoms with Gasteiger partial charge in [-0.15, -0.1) is 0 Å². The molecule has 16 heavy (non-hydrogen) atoms. The van der Waals surface area contributed by atoms with E-state index in [1.165, 1.54) is 17.8 Å². The second kappa shape index (κ2) is 5.49. The molecule has 0 bridgehead atoms. The van der Waals surface area contributed by atoms with Crippen LogP contribution < -0.4 is 0 Å². The Kier molecular flexibility index (Phi) is 4.55. The van der Waals surface area contributed by atoms with Crippen molar-refractivity contribution in [2.45, 2.75) is 12.8 Å². The van der Waals surface area contributed by atoms with Gasteiger partial charge >= 0.3 is 6.18 Å². The highest BCUT2D eigenvalue weighted by atomic mass is 32.2. The van der Waals surface area contributed by atoms with Crippen molar-refractivity contribution >= 4 is 28.4 Å². The van der Waals surface area contributed by atoms with Gasteiger partial charge < -0.3 is 4.74 Å². The van der Waals surface area contributed by atoms with E-state index in [1.54, 1.807) is 6.26 Å². The van der Waals surface area contributed by atoms with Crippen molar-refractivity contribution in [2.75, 3.05) is 6.26 Å². The molecular formula is C9H8F3NOS2. The summed E-state index contributed by atoms with van der Waals surface area (Å²) in [6.45, 7) is 0.130. The molecule has 0 aliphatic carbocycles. The normalized spacial score (nSPS) is 11.2. The number of pyridine rings is 1. The Morgan fingerprint density at radius 1 is 1.50 bits per heavy atom. The molecule has 0 N–H and O–H groups in total. The molecule has 0 saturated heterocycles. The maximum absolute atomic E-state index is 12.2. The number of thioether (sulfide) groups is 1. The fraction of sp³-hybridized carbons (Fsp3) is 0.333. The van der Waals surface area contributed by atoms with Crippen LogP contribution in [0.15, 0.2) is 18.3 Å². The van der Waals surface area contributed by atoms with Crippen molar-refractivity contribution in [3.05, 3.63) is 29.6 Å². The maximum Gasteiger partial charge on any atom is 0.433 e. The van der Waals surface area contributed by atoms with E-state index >= 15 is 0 Å². The molecule has 0 aliphatic heterocycles. The molecule has 0 radical (unpaired) electrons. The van der Waals surface area contributed by atoms with Crippen LogP contribution >= 0.6 is 24.0 Å². The Bertz CT molecular complexity index is 364. The summed E-state index contributed by atoms with van der Waals surface area (Å²) in [5.41, 5.74) is -0.368. The lowest BCUT2D eigenvalue weighted by molar-refractivity contribution is -0.141. The third-order valence-electron chi connectivity index (χ3n) is 1.64. The number of aromatic nitrogens is 1. The summed E-state index contributed by atoms with van der Waals surface area (Å²) < 4.78 is 41.9. The number of hydrogen-bond acceptors (Lipinski definition) is 4. The molecular weight excluding hydrogens is 259 g/mol. The largest absolute Gasteiger partial charge is 0.474 e. The van der Waals surface area contributed by atoms with Crippen LogP contribution in [-0.4, -0.2) is 15.6 Å². The average Bonchev–Trinajstić information content (AvgIpc) is 2.25. The standard InChI is InChI=1S/C9H8F3NOS2/c1-16-8(15)14-5-6-2-3-7(13-4-6)9(10,11)12/h2-4H,5H2,1H3. The topological polar surface area (TPSA) is 22.1 Å². The van der Waals surface area contributed by atoms with Gasteiger partial charge in [0.25, 0.3) is 0 Å². The van der Waals surface area contributed by atoms with Gasteiger partial charge in [-0.2, -0.15) is 13.2 Å². The average molecular weight is 267 g/mol. The predicted molar refractivity (Wildman–Crippen MR) is 60.1 cm³/mol. The van der Waals surface area contributed by atoms with E-state index in [0.29, 0.717) is 9.95 Å². The minimum atomic E-state index is -4.41. The first-order chi connectivity index (χ1) is 7.43. The third-order valence-corrected chi connectivity index (χ3v) is 2.71. The lowest BCUT2D eigenvalue weighted by atomic mass is 10.2. The molecule has 0 aliphatic rings. The van der Waals surface area contributed by atoms with Crippen molar-refractivity contribution in [1.29, 1.82) is 0 Å². The lowest BCUT2D eigenvalue weighted by Crippen LogP contribution is -2.08. The van der Waals surface area contributed by atoms with Crippen molar-refractivity contribution in [2.24, 2.45) is 0 Å². The number of nitrogens with zero attached hydrogens (tertiary/aromatic N) is 1. The number of alkyl halides is 3. The molecule has 1 aromatic heterocycles. The Labute approximate surface area is 100 Å². The van der Waals surface area contributed by atoms with Crippen LogP contribution in [0.3, 0.4) is 0 Å². The molecule has 0 aromatic carbocycles. The van der Waals surface area contributed by atoms with Crippen molar-refractivity contribution in [3.8, 4) is 0 Å². The SMILES string of the molecule is CSC(=S)OCc1ccc(C(F)(F)F)nc1. The first-order valence-electron chi connectivity index (χ1n) is 4.16. The maximum atomic E-state index is 12.2. The van der Waals surface area contributed by atoms with E-state index in [9.17, 15) is 13.2 Å². The summed E-state index contributed by atoms with van der Waals surface area (Å²) >= 11 is 6.04. The van der Waals surface area contributed by atoms with Gasteiger partial charge in [-0.3, -0.25) is 4.98 Å². The highest BCUT2D eigenvalue weighted by Crippen LogP contribution is 2.27. The molecule has 1 heterocycles. The van der Waals surface area contributed by atoms with Crippen molar-refractivity contribution in [3.63, 3.8) is 0 Å². The minimum absolute atomic E-state index is 0.130. The number of ether oxygens (including phenoxy) is 1. The Morgan fingerprint density at radius 2 is 2.19 bits per heavy atom. The van der Waals surface area contributed by atoms with E-state index < -0.39 is 11.9 Å². The van der Waals surface area contributed by atoms with Crippen LogP contribution in [0.5, 0.6) is 0 Å².